The van der Waals surface area contributed by atoms with Crippen molar-refractivity contribution in [3.63, 3.8) is 0 Å². The summed E-state index contributed by atoms with van der Waals surface area (Å²) in [5.74, 6) is 0.320. The van der Waals surface area contributed by atoms with Crippen LogP contribution in [0.4, 0.5) is 0 Å². The molecule has 1 rings (SSSR count). The van der Waals surface area contributed by atoms with E-state index in [-0.39, 0.29) is 11.7 Å². The maximum Gasteiger partial charge on any atom is 0.232 e. The fourth-order valence-corrected chi connectivity index (χ4v) is 1.68. The van der Waals surface area contributed by atoms with Crippen LogP contribution >= 0.6 is 12.6 Å². The second-order valence-electron chi connectivity index (χ2n) is 3.84. The first kappa shape index (κ1) is 12.1. The number of thiol groups is 1. The van der Waals surface area contributed by atoms with Crippen molar-refractivity contribution in [1.82, 2.24) is 4.90 Å². The number of hydrogen-bond acceptors (Lipinski definition) is 2. The second-order valence-corrected chi connectivity index (χ2v) is 4.15. The summed E-state index contributed by atoms with van der Waals surface area (Å²) in [6.07, 6.45) is 0. The van der Waals surface area contributed by atoms with Crippen molar-refractivity contribution >= 4 is 18.5 Å². The lowest BCUT2D eigenvalue weighted by Crippen LogP contribution is -2.27. The number of benzene rings is 1. The smallest absolute Gasteiger partial charge is 0.232 e. The SMILES string of the molecule is Cc1ccc(C)c(CN(C)C(=O)CS)c1. The maximum absolute atomic E-state index is 11.4. The molecule has 0 saturated heterocycles. The Morgan fingerprint density at radius 2 is 2.07 bits per heavy atom. The summed E-state index contributed by atoms with van der Waals surface area (Å²) in [4.78, 5) is 13.1. The van der Waals surface area contributed by atoms with E-state index in [0.717, 1.165) is 0 Å². The second kappa shape index (κ2) is 5.21. The summed E-state index contributed by atoms with van der Waals surface area (Å²) in [5.41, 5.74) is 3.65. The number of aryl methyl sites for hydroxylation is 2. The van der Waals surface area contributed by atoms with Crippen molar-refractivity contribution in [3.05, 3.63) is 34.9 Å². The predicted molar refractivity (Wildman–Crippen MR) is 66.2 cm³/mol. The number of carbonyl (C=O) groups is 1. The number of hydrogen-bond donors (Lipinski definition) is 1. The van der Waals surface area contributed by atoms with E-state index in [4.69, 9.17) is 0 Å². The lowest BCUT2D eigenvalue weighted by Gasteiger charge is -2.17. The van der Waals surface area contributed by atoms with Gasteiger partial charge >= 0.3 is 0 Å². The summed E-state index contributed by atoms with van der Waals surface area (Å²) in [6.45, 7) is 4.78. The van der Waals surface area contributed by atoms with E-state index < -0.39 is 0 Å². The molecule has 1 amide bonds. The molecule has 0 aliphatic carbocycles. The molecule has 0 heterocycles. The summed E-state index contributed by atoms with van der Waals surface area (Å²) in [7, 11) is 1.81. The molecule has 1 aromatic carbocycles. The van der Waals surface area contributed by atoms with E-state index in [1.165, 1.54) is 16.7 Å². The minimum Gasteiger partial charge on any atom is -0.341 e. The van der Waals surface area contributed by atoms with Gasteiger partial charge in [0.15, 0.2) is 0 Å². The molecule has 0 spiro atoms. The van der Waals surface area contributed by atoms with Crippen LogP contribution in [0.1, 0.15) is 16.7 Å². The van der Waals surface area contributed by atoms with E-state index in [0.29, 0.717) is 6.54 Å². The first-order valence-corrected chi connectivity index (χ1v) is 5.58. The number of amides is 1. The molecule has 2 nitrogen and oxygen atoms in total. The Kier molecular flexibility index (Phi) is 4.21. The van der Waals surface area contributed by atoms with E-state index in [9.17, 15) is 4.79 Å². The normalized spacial score (nSPS) is 10.1. The van der Waals surface area contributed by atoms with Crippen molar-refractivity contribution in [1.29, 1.82) is 0 Å². The molecule has 0 aliphatic heterocycles. The third kappa shape index (κ3) is 3.27. The van der Waals surface area contributed by atoms with E-state index in [2.05, 4.69) is 44.7 Å². The van der Waals surface area contributed by atoms with Gasteiger partial charge in [-0.05, 0) is 25.0 Å². The third-order valence-electron chi connectivity index (χ3n) is 2.47. The fraction of sp³-hybridized carbons (Fsp3) is 0.417. The highest BCUT2D eigenvalue weighted by Crippen LogP contribution is 2.12. The monoisotopic (exact) mass is 223 g/mol. The molecular formula is C12H17NOS. The van der Waals surface area contributed by atoms with Crippen LogP contribution in [0.3, 0.4) is 0 Å². The molecule has 0 radical (unpaired) electrons. The molecule has 0 atom stereocenters. The van der Waals surface area contributed by atoms with Crippen molar-refractivity contribution < 1.29 is 4.79 Å². The van der Waals surface area contributed by atoms with Gasteiger partial charge in [0.05, 0.1) is 5.75 Å². The van der Waals surface area contributed by atoms with Gasteiger partial charge in [-0.1, -0.05) is 23.8 Å². The molecule has 0 fully saturated rings. The highest BCUT2D eigenvalue weighted by Gasteiger charge is 2.08. The van der Waals surface area contributed by atoms with Gasteiger partial charge in [0.25, 0.3) is 0 Å². The standard InChI is InChI=1S/C12H17NOS/c1-9-4-5-10(2)11(6-9)7-13(3)12(14)8-15/h4-6,15H,7-8H2,1-3H3. The van der Waals surface area contributed by atoms with Crippen molar-refractivity contribution in [3.8, 4) is 0 Å². The molecule has 0 aromatic heterocycles. The summed E-state index contributed by atoms with van der Waals surface area (Å²) in [5, 5.41) is 0. The lowest BCUT2D eigenvalue weighted by molar-refractivity contribution is -0.127. The quantitative estimate of drug-likeness (QED) is 0.779. The fourth-order valence-electron chi connectivity index (χ4n) is 1.44. The van der Waals surface area contributed by atoms with E-state index in [1.807, 2.05) is 0 Å². The minimum atomic E-state index is 0.0549. The minimum absolute atomic E-state index is 0.0549. The Morgan fingerprint density at radius 3 is 2.67 bits per heavy atom. The van der Waals surface area contributed by atoms with Crippen LogP contribution in [-0.4, -0.2) is 23.6 Å². The predicted octanol–water partition coefficient (Wildman–Crippen LogP) is 2.19. The molecule has 15 heavy (non-hydrogen) atoms. The van der Waals surface area contributed by atoms with Gasteiger partial charge in [-0.2, -0.15) is 12.6 Å². The van der Waals surface area contributed by atoms with Crippen LogP contribution in [-0.2, 0) is 11.3 Å². The Morgan fingerprint density at radius 1 is 1.40 bits per heavy atom. The average molecular weight is 223 g/mol. The van der Waals surface area contributed by atoms with Crippen LogP contribution in [0.25, 0.3) is 0 Å². The van der Waals surface area contributed by atoms with Crippen LogP contribution < -0.4 is 0 Å². The largest absolute Gasteiger partial charge is 0.341 e. The van der Waals surface area contributed by atoms with Gasteiger partial charge in [-0.3, -0.25) is 4.79 Å². The molecular weight excluding hydrogens is 206 g/mol. The topological polar surface area (TPSA) is 20.3 Å². The summed E-state index contributed by atoms with van der Waals surface area (Å²) >= 11 is 3.98. The van der Waals surface area contributed by atoms with Crippen molar-refractivity contribution in [2.75, 3.05) is 12.8 Å². The maximum atomic E-state index is 11.4. The first-order valence-electron chi connectivity index (χ1n) is 4.95. The molecule has 82 valence electrons. The Bertz CT molecular complexity index is 363. The summed E-state index contributed by atoms with van der Waals surface area (Å²) < 4.78 is 0. The average Bonchev–Trinajstić information content (AvgIpc) is 2.22. The van der Waals surface area contributed by atoms with Crippen molar-refractivity contribution in [2.45, 2.75) is 20.4 Å². The molecule has 0 saturated carbocycles. The van der Waals surface area contributed by atoms with Crippen molar-refractivity contribution in [2.24, 2.45) is 0 Å². The third-order valence-corrected chi connectivity index (χ3v) is 2.74. The zero-order valence-electron chi connectivity index (χ0n) is 9.45. The molecule has 0 aliphatic rings. The van der Waals surface area contributed by atoms with Gasteiger partial charge in [0, 0.05) is 13.6 Å². The Balaban J connectivity index is 2.80. The van der Waals surface area contributed by atoms with Gasteiger partial charge < -0.3 is 4.90 Å². The van der Waals surface area contributed by atoms with Crippen LogP contribution in [0, 0.1) is 13.8 Å². The van der Waals surface area contributed by atoms with Crippen LogP contribution in [0.15, 0.2) is 18.2 Å². The van der Waals surface area contributed by atoms with E-state index in [1.54, 1.807) is 11.9 Å². The van der Waals surface area contributed by atoms with Crippen LogP contribution in [0.5, 0.6) is 0 Å². The molecule has 3 heteroatoms. The van der Waals surface area contributed by atoms with Gasteiger partial charge in [-0.15, -0.1) is 0 Å². The molecule has 0 N–H and O–H groups in total. The highest BCUT2D eigenvalue weighted by molar-refractivity contribution is 7.81. The highest BCUT2D eigenvalue weighted by atomic mass is 32.1. The van der Waals surface area contributed by atoms with Gasteiger partial charge in [0.2, 0.25) is 5.91 Å². The zero-order valence-corrected chi connectivity index (χ0v) is 10.3. The number of rotatable bonds is 3. The van der Waals surface area contributed by atoms with Gasteiger partial charge in [-0.25, -0.2) is 0 Å². The Labute approximate surface area is 96.7 Å². The number of nitrogens with zero attached hydrogens (tertiary/aromatic N) is 1. The van der Waals surface area contributed by atoms with Gasteiger partial charge in [0.1, 0.15) is 0 Å². The van der Waals surface area contributed by atoms with Crippen LogP contribution in [0.2, 0.25) is 0 Å². The van der Waals surface area contributed by atoms with E-state index >= 15 is 0 Å². The first-order chi connectivity index (χ1) is 7.04. The molecule has 1 aromatic rings. The summed E-state index contributed by atoms with van der Waals surface area (Å²) in [6, 6.07) is 6.29. The lowest BCUT2D eigenvalue weighted by atomic mass is 10.1. The Hall–Kier alpha value is -0.960. The molecule has 0 unspecified atom stereocenters. The molecule has 0 bridgehead atoms. The number of carbonyl (C=O) groups excluding carboxylic acids is 1. The zero-order chi connectivity index (χ0) is 11.4.